The van der Waals surface area contributed by atoms with Crippen LogP contribution in [0.5, 0.6) is 5.75 Å². The number of hydrogen-bond acceptors (Lipinski definition) is 2. The molecule has 1 unspecified atom stereocenters. The molecular weight excluding hydrogens is 186 g/mol. The monoisotopic (exact) mass is 205 g/mol. The second kappa shape index (κ2) is 3.53. The highest BCUT2D eigenvalue weighted by molar-refractivity contribution is 5.46. The normalized spacial score (nSPS) is 20.3. The van der Waals surface area contributed by atoms with E-state index in [-0.39, 0.29) is 5.54 Å². The molecule has 0 saturated carbocycles. The number of hydrogen-bond donors (Lipinski definition) is 2. The highest BCUT2D eigenvalue weighted by atomic mass is 16.3. The van der Waals surface area contributed by atoms with E-state index < -0.39 is 0 Å². The molecule has 0 amide bonds. The topological polar surface area (TPSA) is 32.3 Å². The fourth-order valence-corrected chi connectivity index (χ4v) is 2.56. The number of likely N-dealkylation sites (N-methyl/N-ethyl adjacent to an activating group) is 1. The third-order valence-electron chi connectivity index (χ3n) is 3.74. The average Bonchev–Trinajstić information content (AvgIpc) is 2.63. The van der Waals surface area contributed by atoms with Crippen molar-refractivity contribution in [1.82, 2.24) is 5.32 Å². The van der Waals surface area contributed by atoms with E-state index in [1.54, 1.807) is 6.07 Å². The molecule has 15 heavy (non-hydrogen) atoms. The molecule has 1 aliphatic rings. The molecule has 2 rings (SSSR count). The summed E-state index contributed by atoms with van der Waals surface area (Å²) in [5.41, 5.74) is 2.50. The number of nitrogens with one attached hydrogen (secondary N) is 1. The summed E-state index contributed by atoms with van der Waals surface area (Å²) in [6.45, 7) is 4.39. The van der Waals surface area contributed by atoms with E-state index in [9.17, 15) is 5.11 Å². The van der Waals surface area contributed by atoms with Crippen molar-refractivity contribution >= 4 is 0 Å². The molecule has 0 fully saturated rings. The fourth-order valence-electron chi connectivity index (χ4n) is 2.56. The summed E-state index contributed by atoms with van der Waals surface area (Å²) in [5, 5.41) is 13.3. The van der Waals surface area contributed by atoms with E-state index in [0.29, 0.717) is 11.7 Å². The Kier molecular flexibility index (Phi) is 2.47. The maximum atomic E-state index is 9.93. The number of fused-ring (bicyclic) bond motifs is 1. The minimum absolute atomic E-state index is 0.0457. The van der Waals surface area contributed by atoms with Crippen LogP contribution in [0.25, 0.3) is 0 Å². The van der Waals surface area contributed by atoms with Gasteiger partial charge in [-0.25, -0.2) is 0 Å². The van der Waals surface area contributed by atoms with Crippen molar-refractivity contribution in [3.8, 4) is 5.75 Å². The van der Waals surface area contributed by atoms with Crippen LogP contribution in [0.4, 0.5) is 0 Å². The van der Waals surface area contributed by atoms with Crippen molar-refractivity contribution in [1.29, 1.82) is 0 Å². The van der Waals surface area contributed by atoms with E-state index in [4.69, 9.17) is 0 Å². The first-order chi connectivity index (χ1) is 7.06. The van der Waals surface area contributed by atoms with Crippen LogP contribution >= 0.6 is 0 Å². The van der Waals surface area contributed by atoms with E-state index >= 15 is 0 Å². The van der Waals surface area contributed by atoms with Gasteiger partial charge in [-0.05, 0) is 45.4 Å². The highest BCUT2D eigenvalue weighted by Gasteiger charge is 2.36. The summed E-state index contributed by atoms with van der Waals surface area (Å²) < 4.78 is 0. The molecule has 1 atom stereocenters. The number of aromatic hydroxyl groups is 1. The van der Waals surface area contributed by atoms with Crippen LogP contribution in [0.2, 0.25) is 0 Å². The van der Waals surface area contributed by atoms with Gasteiger partial charge < -0.3 is 10.4 Å². The Labute approximate surface area is 91.3 Å². The van der Waals surface area contributed by atoms with Gasteiger partial charge in [-0.3, -0.25) is 0 Å². The largest absolute Gasteiger partial charge is 0.508 e. The minimum Gasteiger partial charge on any atom is -0.508 e. The van der Waals surface area contributed by atoms with Gasteiger partial charge in [0.25, 0.3) is 0 Å². The van der Waals surface area contributed by atoms with Crippen molar-refractivity contribution in [2.75, 3.05) is 7.05 Å². The Morgan fingerprint density at radius 3 is 2.80 bits per heavy atom. The molecule has 0 bridgehead atoms. The molecule has 0 aromatic heterocycles. The van der Waals surface area contributed by atoms with Crippen LogP contribution in [0.15, 0.2) is 18.2 Å². The maximum absolute atomic E-state index is 9.93. The van der Waals surface area contributed by atoms with Gasteiger partial charge in [-0.1, -0.05) is 12.1 Å². The molecule has 2 N–H and O–H groups in total. The second-order valence-electron chi connectivity index (χ2n) is 4.91. The average molecular weight is 205 g/mol. The zero-order valence-electron chi connectivity index (χ0n) is 9.67. The Morgan fingerprint density at radius 1 is 1.40 bits per heavy atom. The number of benzene rings is 1. The summed E-state index contributed by atoms with van der Waals surface area (Å²) in [5.74, 6) is 0.872. The van der Waals surface area contributed by atoms with Crippen molar-refractivity contribution in [2.45, 2.75) is 38.1 Å². The minimum atomic E-state index is 0.0457. The number of phenols is 1. The Bertz CT molecular complexity index is 371. The molecule has 0 spiro atoms. The zero-order chi connectivity index (χ0) is 11.1. The van der Waals surface area contributed by atoms with Crippen LogP contribution < -0.4 is 5.32 Å². The van der Waals surface area contributed by atoms with Gasteiger partial charge >= 0.3 is 0 Å². The third-order valence-corrected chi connectivity index (χ3v) is 3.74. The van der Waals surface area contributed by atoms with E-state index in [0.717, 1.165) is 18.4 Å². The molecule has 1 aliphatic carbocycles. The zero-order valence-corrected chi connectivity index (χ0v) is 9.67. The SMILES string of the molecule is CNC(C)(C)C1CCc2cccc(O)c21. The van der Waals surface area contributed by atoms with Gasteiger partial charge in [-0.15, -0.1) is 0 Å². The number of aryl methyl sites for hydroxylation is 1. The van der Waals surface area contributed by atoms with Crippen molar-refractivity contribution in [3.63, 3.8) is 0 Å². The molecule has 0 radical (unpaired) electrons. The molecule has 0 aliphatic heterocycles. The lowest BCUT2D eigenvalue weighted by atomic mass is 9.83. The molecule has 0 saturated heterocycles. The van der Waals surface area contributed by atoms with Gasteiger partial charge in [0.1, 0.15) is 5.75 Å². The first-order valence-corrected chi connectivity index (χ1v) is 5.56. The van der Waals surface area contributed by atoms with Crippen LogP contribution in [0, 0.1) is 0 Å². The molecule has 2 heteroatoms. The van der Waals surface area contributed by atoms with Crippen LogP contribution in [-0.2, 0) is 6.42 Å². The fraction of sp³-hybridized carbons (Fsp3) is 0.538. The van der Waals surface area contributed by atoms with Crippen molar-refractivity contribution in [2.24, 2.45) is 0 Å². The summed E-state index contributed by atoms with van der Waals surface area (Å²) in [6, 6.07) is 5.85. The summed E-state index contributed by atoms with van der Waals surface area (Å²) in [7, 11) is 1.98. The van der Waals surface area contributed by atoms with Gasteiger partial charge in [-0.2, -0.15) is 0 Å². The first kappa shape index (κ1) is 10.5. The lowest BCUT2D eigenvalue weighted by Gasteiger charge is -2.32. The summed E-state index contributed by atoms with van der Waals surface area (Å²) in [4.78, 5) is 0. The molecule has 82 valence electrons. The Balaban J connectivity index is 2.44. The van der Waals surface area contributed by atoms with Crippen molar-refractivity contribution < 1.29 is 5.11 Å². The molecule has 1 aromatic rings. The smallest absolute Gasteiger partial charge is 0.119 e. The lowest BCUT2D eigenvalue weighted by Crippen LogP contribution is -2.41. The second-order valence-corrected chi connectivity index (χ2v) is 4.91. The Morgan fingerprint density at radius 2 is 2.13 bits per heavy atom. The molecule has 0 heterocycles. The predicted octanol–water partition coefficient (Wildman–Crippen LogP) is 2.42. The van der Waals surface area contributed by atoms with Gasteiger partial charge in [0.05, 0.1) is 0 Å². The maximum Gasteiger partial charge on any atom is 0.119 e. The van der Waals surface area contributed by atoms with Crippen LogP contribution in [0.1, 0.15) is 37.3 Å². The van der Waals surface area contributed by atoms with E-state index in [2.05, 4.69) is 25.2 Å². The van der Waals surface area contributed by atoms with Crippen molar-refractivity contribution in [3.05, 3.63) is 29.3 Å². The highest BCUT2D eigenvalue weighted by Crippen LogP contribution is 2.44. The number of rotatable bonds is 2. The lowest BCUT2D eigenvalue weighted by molar-refractivity contribution is 0.333. The van der Waals surface area contributed by atoms with E-state index in [1.807, 2.05) is 13.1 Å². The first-order valence-electron chi connectivity index (χ1n) is 5.56. The van der Waals surface area contributed by atoms with Crippen LogP contribution in [0.3, 0.4) is 0 Å². The molecule has 1 aromatic carbocycles. The van der Waals surface area contributed by atoms with E-state index in [1.165, 1.54) is 5.56 Å². The van der Waals surface area contributed by atoms with Crippen LogP contribution in [-0.4, -0.2) is 17.7 Å². The van der Waals surface area contributed by atoms with Gasteiger partial charge in [0.2, 0.25) is 0 Å². The van der Waals surface area contributed by atoms with Gasteiger partial charge in [0, 0.05) is 17.0 Å². The summed E-state index contributed by atoms with van der Waals surface area (Å²) in [6.07, 6.45) is 2.21. The Hall–Kier alpha value is -1.02. The number of phenolic OH excluding ortho intramolecular Hbond substituents is 1. The molecular formula is C13H19NO. The third kappa shape index (κ3) is 1.63. The summed E-state index contributed by atoms with van der Waals surface area (Å²) >= 11 is 0. The standard InChI is InChI=1S/C13H19NO/c1-13(2,14-3)10-8-7-9-5-4-6-11(15)12(9)10/h4-6,10,14-15H,7-8H2,1-3H3. The molecule has 2 nitrogen and oxygen atoms in total. The quantitative estimate of drug-likeness (QED) is 0.777. The van der Waals surface area contributed by atoms with Gasteiger partial charge in [0.15, 0.2) is 0 Å². The predicted molar refractivity (Wildman–Crippen MR) is 62.3 cm³/mol.